The second kappa shape index (κ2) is 16.1. The molecule has 1 aromatic rings. The molecule has 0 radical (unpaired) electrons. The highest BCUT2D eigenvalue weighted by atomic mass is 16.6. The predicted octanol–water partition coefficient (Wildman–Crippen LogP) is 10.4. The molecule has 0 bridgehead atoms. The van der Waals surface area contributed by atoms with Gasteiger partial charge in [-0.05, 0) is 162 Å². The van der Waals surface area contributed by atoms with Gasteiger partial charge in [0.05, 0.1) is 0 Å². The Balaban J connectivity index is 1.62. The van der Waals surface area contributed by atoms with Crippen molar-refractivity contribution < 1.29 is 39.8 Å². The van der Waals surface area contributed by atoms with E-state index < -0.39 is 44.3 Å². The van der Waals surface area contributed by atoms with E-state index in [1.807, 2.05) is 12.1 Å². The summed E-state index contributed by atoms with van der Waals surface area (Å²) in [6.45, 7) is 33.0. The fourth-order valence-electron chi connectivity index (χ4n) is 10.8. The maximum absolute atomic E-state index is 11.3. The minimum absolute atomic E-state index is 0.230. The number of hydrogen-bond acceptors (Lipinski definition) is 12. The van der Waals surface area contributed by atoms with Gasteiger partial charge in [-0.1, -0.05) is 0 Å². The zero-order chi connectivity index (χ0) is 43.7. The first-order valence-electron chi connectivity index (χ1n) is 22.1. The molecule has 4 fully saturated rings. The maximum atomic E-state index is 11.3. The third-order valence-electron chi connectivity index (χ3n) is 14.0. The lowest BCUT2D eigenvalue weighted by molar-refractivity contribution is -0.222. The van der Waals surface area contributed by atoms with Gasteiger partial charge in [-0.3, -0.25) is 0 Å². The molecule has 0 aromatic heterocycles. The fourth-order valence-corrected chi connectivity index (χ4v) is 10.8. The average Bonchev–Trinajstić information content (AvgIpc) is 3.31. The number of hydrogen-bond donors (Lipinski definition) is 4. The molecule has 4 saturated heterocycles. The summed E-state index contributed by atoms with van der Waals surface area (Å²) in [6.07, 6.45) is 7.30. The van der Waals surface area contributed by atoms with Crippen LogP contribution in [-0.2, 0) is 0 Å². The smallest absolute Gasteiger partial charge is 0.165 e. The van der Waals surface area contributed by atoms with Crippen LogP contribution in [0.25, 0.3) is 0 Å². The number of ether oxygens (including phenoxy) is 4. The number of benzene rings is 1. The highest BCUT2D eigenvalue weighted by molar-refractivity contribution is 5.55. The molecule has 4 aliphatic heterocycles. The van der Waals surface area contributed by atoms with E-state index in [2.05, 4.69) is 111 Å². The van der Waals surface area contributed by atoms with Crippen LogP contribution in [0.5, 0.6) is 23.0 Å². The van der Waals surface area contributed by atoms with Gasteiger partial charge in [0, 0.05) is 82.1 Å². The molecule has 0 aliphatic carbocycles. The van der Waals surface area contributed by atoms with Crippen molar-refractivity contribution in [3.8, 4) is 23.0 Å². The van der Waals surface area contributed by atoms with E-state index in [0.29, 0.717) is 48.7 Å². The monoisotopic (exact) mass is 819 g/mol. The van der Waals surface area contributed by atoms with Crippen molar-refractivity contribution in [1.82, 2.24) is 20.3 Å². The van der Waals surface area contributed by atoms with Gasteiger partial charge in [-0.15, -0.1) is 0 Å². The summed E-state index contributed by atoms with van der Waals surface area (Å²) >= 11 is 0. The summed E-state index contributed by atoms with van der Waals surface area (Å²) in [5.74, 6) is 2.21. The molecule has 12 nitrogen and oxygen atoms in total. The quantitative estimate of drug-likeness (QED) is 0.199. The zero-order valence-corrected chi connectivity index (χ0v) is 39.2. The Morgan fingerprint density at radius 1 is 0.345 bits per heavy atom. The summed E-state index contributed by atoms with van der Waals surface area (Å²) in [5.41, 5.74) is -3.95. The first-order chi connectivity index (χ1) is 26.3. The van der Waals surface area contributed by atoms with Crippen molar-refractivity contribution in [3.63, 3.8) is 0 Å². The molecular weight excluding hydrogens is 737 g/mol. The molecule has 0 amide bonds. The van der Waals surface area contributed by atoms with Crippen molar-refractivity contribution >= 4 is 0 Å². The first-order valence-corrected chi connectivity index (χ1v) is 22.1. The third-order valence-corrected chi connectivity index (χ3v) is 14.0. The molecule has 58 heavy (non-hydrogen) atoms. The van der Waals surface area contributed by atoms with E-state index >= 15 is 0 Å². The number of rotatable bonds is 8. The Hall–Kier alpha value is -1.90. The van der Waals surface area contributed by atoms with E-state index in [9.17, 15) is 20.8 Å². The average molecular weight is 819 g/mol. The molecule has 334 valence electrons. The lowest BCUT2D eigenvalue weighted by atomic mass is 9.95. The van der Waals surface area contributed by atoms with Gasteiger partial charge in [-0.2, -0.15) is 20.3 Å². The molecule has 0 spiro atoms. The summed E-state index contributed by atoms with van der Waals surface area (Å²) in [7, 11) is 0. The second-order valence-electron chi connectivity index (χ2n) is 23.4. The standard InChI is InChI=1S/C46H82N4O8/c1-39(2)21-17-31(27-43(9,10)47(39)51)55-35-25-37(57-33-19-23-41(5,6)49(53)45(13,14)29-33)38(58-34-20-24-42(7,8)50(54)46(15,16)30-34)26-36(35)56-32-18-22-40(3,4)48(52)44(11,12)28-32/h25-26,31-34,51-54H,17-24,27-30H2,1-16H3. The lowest BCUT2D eigenvalue weighted by Crippen LogP contribution is -2.52. The Morgan fingerprint density at radius 2 is 0.517 bits per heavy atom. The van der Waals surface area contributed by atoms with Crippen molar-refractivity contribution in [2.75, 3.05) is 0 Å². The highest BCUT2D eigenvalue weighted by Gasteiger charge is 2.47. The van der Waals surface area contributed by atoms with Crippen molar-refractivity contribution in [2.45, 2.75) is 257 Å². The van der Waals surface area contributed by atoms with Crippen LogP contribution in [0.3, 0.4) is 0 Å². The Morgan fingerprint density at radius 3 is 0.690 bits per heavy atom. The van der Waals surface area contributed by atoms with Gasteiger partial charge in [0.15, 0.2) is 23.0 Å². The molecule has 4 N–H and O–H groups in total. The third kappa shape index (κ3) is 10.2. The van der Waals surface area contributed by atoms with E-state index in [4.69, 9.17) is 18.9 Å². The van der Waals surface area contributed by atoms with Crippen LogP contribution < -0.4 is 18.9 Å². The molecule has 4 atom stereocenters. The summed E-state index contributed by atoms with van der Waals surface area (Å²) < 4.78 is 28.3. The summed E-state index contributed by atoms with van der Waals surface area (Å²) in [5, 5.41) is 51.3. The van der Waals surface area contributed by atoms with E-state index in [1.165, 1.54) is 20.3 Å². The van der Waals surface area contributed by atoms with Crippen LogP contribution in [0.15, 0.2) is 12.1 Å². The zero-order valence-electron chi connectivity index (χ0n) is 39.2. The second-order valence-corrected chi connectivity index (χ2v) is 23.4. The molecule has 12 heteroatoms. The molecule has 4 unspecified atom stereocenters. The van der Waals surface area contributed by atoms with Crippen LogP contribution in [0.4, 0.5) is 0 Å². The SMILES string of the molecule is CC1(C)CCC(Oc2cc(OC3CCC(C)(C)N(O)C(C)(C)C3)c(OC3CCC(C)(C)N(O)C(C)(C)C3)cc2OC2CCC(C)(C)N(O)C(C)(C)C2)CC(C)(C)N1O. The van der Waals surface area contributed by atoms with Crippen molar-refractivity contribution in [3.05, 3.63) is 12.1 Å². The molecular formula is C46H82N4O8. The Labute approximate surface area is 350 Å². The van der Waals surface area contributed by atoms with Crippen LogP contribution >= 0.6 is 0 Å². The van der Waals surface area contributed by atoms with E-state index in [-0.39, 0.29) is 24.4 Å². The first kappa shape index (κ1) is 47.2. The minimum atomic E-state index is -0.550. The molecule has 0 saturated carbocycles. The summed E-state index contributed by atoms with van der Waals surface area (Å²) in [4.78, 5) is 0. The summed E-state index contributed by atoms with van der Waals surface area (Å²) in [6, 6.07) is 3.89. The Kier molecular flexibility index (Phi) is 13.1. The normalized spacial score (nSPS) is 32.5. The largest absolute Gasteiger partial charge is 0.486 e. The van der Waals surface area contributed by atoms with Crippen molar-refractivity contribution in [1.29, 1.82) is 0 Å². The van der Waals surface area contributed by atoms with Crippen LogP contribution in [0.2, 0.25) is 0 Å². The fraction of sp³-hybridized carbons (Fsp3) is 0.870. The van der Waals surface area contributed by atoms with Gasteiger partial charge < -0.3 is 39.8 Å². The predicted molar refractivity (Wildman–Crippen MR) is 227 cm³/mol. The minimum Gasteiger partial charge on any atom is -0.486 e. The molecule has 5 rings (SSSR count). The van der Waals surface area contributed by atoms with Crippen LogP contribution in [0, 0.1) is 0 Å². The van der Waals surface area contributed by atoms with Crippen LogP contribution in [0.1, 0.15) is 188 Å². The van der Waals surface area contributed by atoms with Gasteiger partial charge >= 0.3 is 0 Å². The van der Waals surface area contributed by atoms with Gasteiger partial charge in [0.25, 0.3) is 0 Å². The molecule has 4 aliphatic rings. The van der Waals surface area contributed by atoms with E-state index in [0.717, 1.165) is 51.4 Å². The van der Waals surface area contributed by atoms with Crippen molar-refractivity contribution in [2.24, 2.45) is 0 Å². The van der Waals surface area contributed by atoms with Gasteiger partial charge in [-0.25, -0.2) is 0 Å². The molecule has 1 aromatic carbocycles. The van der Waals surface area contributed by atoms with Gasteiger partial charge in [0.1, 0.15) is 24.4 Å². The highest BCUT2D eigenvalue weighted by Crippen LogP contribution is 2.48. The molecule has 4 heterocycles. The van der Waals surface area contributed by atoms with E-state index in [1.54, 1.807) is 0 Å². The topological polar surface area (TPSA) is 131 Å². The van der Waals surface area contributed by atoms with Gasteiger partial charge in [0.2, 0.25) is 0 Å². The lowest BCUT2D eigenvalue weighted by Gasteiger charge is -2.42. The number of hydroxylamine groups is 8. The number of nitrogens with zero attached hydrogens (tertiary/aromatic N) is 4. The van der Waals surface area contributed by atoms with Crippen LogP contribution in [-0.4, -0.2) is 110 Å². The maximum Gasteiger partial charge on any atom is 0.165 e. The Bertz CT molecular complexity index is 1360.